The molecule has 1 aliphatic rings. The number of hydrogen-bond acceptors (Lipinski definition) is 1. The smallest absolute Gasteiger partial charge is 0.124 e. The zero-order chi connectivity index (χ0) is 10.1. The Morgan fingerprint density at radius 2 is 2.21 bits per heavy atom. The lowest BCUT2D eigenvalue weighted by Crippen LogP contribution is -2.18. The van der Waals surface area contributed by atoms with Crippen LogP contribution < -0.4 is 4.74 Å². The Bertz CT molecular complexity index is 333. The van der Waals surface area contributed by atoms with Gasteiger partial charge in [0, 0.05) is 10.6 Å². The van der Waals surface area contributed by atoms with Gasteiger partial charge < -0.3 is 4.74 Å². The van der Waals surface area contributed by atoms with Gasteiger partial charge in [0.15, 0.2) is 0 Å². The van der Waals surface area contributed by atoms with E-state index in [0.717, 1.165) is 23.8 Å². The molecule has 1 nitrogen and oxygen atoms in total. The standard InChI is InChI=1S/C12H15ClO/c1-8(2)9-6-7-14-11-5-3-4-10(13)12(9)11/h3-5,8-9H,6-7H2,1-2H3. The topological polar surface area (TPSA) is 9.23 Å². The van der Waals surface area contributed by atoms with Gasteiger partial charge in [-0.1, -0.05) is 31.5 Å². The molecule has 0 aromatic heterocycles. The monoisotopic (exact) mass is 210 g/mol. The van der Waals surface area contributed by atoms with E-state index in [4.69, 9.17) is 16.3 Å². The maximum absolute atomic E-state index is 6.20. The largest absolute Gasteiger partial charge is 0.493 e. The molecule has 0 saturated heterocycles. The van der Waals surface area contributed by atoms with E-state index in [9.17, 15) is 0 Å². The highest BCUT2D eigenvalue weighted by molar-refractivity contribution is 6.31. The number of ether oxygens (including phenoxy) is 1. The molecule has 0 saturated carbocycles. The van der Waals surface area contributed by atoms with Crippen molar-refractivity contribution in [3.05, 3.63) is 28.8 Å². The third kappa shape index (κ3) is 1.61. The molecule has 0 spiro atoms. The summed E-state index contributed by atoms with van der Waals surface area (Å²) in [6.07, 6.45) is 1.08. The fraction of sp³-hybridized carbons (Fsp3) is 0.500. The van der Waals surface area contributed by atoms with Gasteiger partial charge in [-0.15, -0.1) is 0 Å². The number of benzene rings is 1. The van der Waals surface area contributed by atoms with E-state index in [2.05, 4.69) is 13.8 Å². The maximum Gasteiger partial charge on any atom is 0.124 e. The summed E-state index contributed by atoms with van der Waals surface area (Å²) in [7, 11) is 0. The predicted octanol–water partition coefficient (Wildman–Crippen LogP) is 3.86. The molecule has 1 atom stereocenters. The van der Waals surface area contributed by atoms with Gasteiger partial charge in [-0.2, -0.15) is 0 Å². The second-order valence-corrected chi connectivity index (χ2v) is 4.55. The highest BCUT2D eigenvalue weighted by atomic mass is 35.5. The van der Waals surface area contributed by atoms with Gasteiger partial charge in [0.1, 0.15) is 5.75 Å². The quantitative estimate of drug-likeness (QED) is 0.684. The fourth-order valence-corrected chi connectivity index (χ4v) is 2.42. The van der Waals surface area contributed by atoms with Gasteiger partial charge in [-0.25, -0.2) is 0 Å². The number of hydrogen-bond donors (Lipinski definition) is 0. The Kier molecular flexibility index (Phi) is 2.69. The minimum Gasteiger partial charge on any atom is -0.493 e. The van der Waals surface area contributed by atoms with Crippen LogP contribution in [0.2, 0.25) is 5.02 Å². The lowest BCUT2D eigenvalue weighted by atomic mass is 9.84. The minimum absolute atomic E-state index is 0.549. The Morgan fingerprint density at radius 1 is 1.43 bits per heavy atom. The second kappa shape index (κ2) is 3.82. The predicted molar refractivity (Wildman–Crippen MR) is 59.1 cm³/mol. The molecule has 14 heavy (non-hydrogen) atoms. The van der Waals surface area contributed by atoms with Crippen LogP contribution in [-0.4, -0.2) is 6.61 Å². The molecule has 0 aliphatic carbocycles. The van der Waals surface area contributed by atoms with Crippen molar-refractivity contribution < 1.29 is 4.74 Å². The van der Waals surface area contributed by atoms with Crippen LogP contribution in [0.25, 0.3) is 0 Å². The molecule has 0 bridgehead atoms. The van der Waals surface area contributed by atoms with E-state index in [-0.39, 0.29) is 0 Å². The van der Waals surface area contributed by atoms with E-state index >= 15 is 0 Å². The first kappa shape index (κ1) is 9.85. The first-order valence-corrected chi connectivity index (χ1v) is 5.49. The molecule has 1 aromatic carbocycles. The highest BCUT2D eigenvalue weighted by Crippen LogP contribution is 2.41. The van der Waals surface area contributed by atoms with Crippen molar-refractivity contribution in [3.63, 3.8) is 0 Å². The number of fused-ring (bicyclic) bond motifs is 1. The average molecular weight is 211 g/mol. The second-order valence-electron chi connectivity index (χ2n) is 4.14. The third-order valence-electron chi connectivity index (χ3n) is 2.87. The lowest BCUT2D eigenvalue weighted by Gasteiger charge is -2.29. The van der Waals surface area contributed by atoms with E-state index < -0.39 is 0 Å². The summed E-state index contributed by atoms with van der Waals surface area (Å²) in [5.41, 5.74) is 1.20. The summed E-state index contributed by atoms with van der Waals surface area (Å²) in [6.45, 7) is 5.29. The van der Waals surface area contributed by atoms with Crippen molar-refractivity contribution in [2.24, 2.45) is 5.92 Å². The van der Waals surface area contributed by atoms with E-state index in [0.29, 0.717) is 11.8 Å². The molecule has 0 fully saturated rings. The summed E-state index contributed by atoms with van der Waals surface area (Å²) < 4.78 is 5.60. The summed E-state index contributed by atoms with van der Waals surface area (Å²) in [5.74, 6) is 2.15. The van der Waals surface area contributed by atoms with Crippen molar-refractivity contribution in [1.82, 2.24) is 0 Å². The van der Waals surface area contributed by atoms with Crippen LogP contribution in [0.3, 0.4) is 0 Å². The summed E-state index contributed by atoms with van der Waals surface area (Å²) in [4.78, 5) is 0. The first-order chi connectivity index (χ1) is 6.70. The summed E-state index contributed by atoms with van der Waals surface area (Å²) >= 11 is 6.20. The van der Waals surface area contributed by atoms with E-state index in [1.807, 2.05) is 18.2 Å². The van der Waals surface area contributed by atoms with Crippen LogP contribution in [0, 0.1) is 5.92 Å². The Labute approximate surface area is 90.0 Å². The molecule has 2 heteroatoms. The van der Waals surface area contributed by atoms with Crippen LogP contribution in [-0.2, 0) is 0 Å². The van der Waals surface area contributed by atoms with Gasteiger partial charge in [-0.05, 0) is 30.4 Å². The number of rotatable bonds is 1. The zero-order valence-electron chi connectivity index (χ0n) is 8.59. The minimum atomic E-state index is 0.549. The first-order valence-electron chi connectivity index (χ1n) is 5.11. The molecule has 0 radical (unpaired) electrons. The van der Waals surface area contributed by atoms with E-state index in [1.165, 1.54) is 5.56 Å². The van der Waals surface area contributed by atoms with Gasteiger partial charge in [0.05, 0.1) is 6.61 Å². The molecular formula is C12H15ClO. The molecule has 76 valence electrons. The highest BCUT2D eigenvalue weighted by Gasteiger charge is 2.25. The Balaban J connectivity index is 2.47. The van der Waals surface area contributed by atoms with Gasteiger partial charge in [0.25, 0.3) is 0 Å². The van der Waals surface area contributed by atoms with Crippen molar-refractivity contribution in [2.45, 2.75) is 26.2 Å². The van der Waals surface area contributed by atoms with Crippen molar-refractivity contribution in [2.75, 3.05) is 6.61 Å². The van der Waals surface area contributed by atoms with Crippen molar-refractivity contribution in [1.29, 1.82) is 0 Å². The van der Waals surface area contributed by atoms with Crippen LogP contribution in [0.4, 0.5) is 0 Å². The van der Waals surface area contributed by atoms with Crippen molar-refractivity contribution in [3.8, 4) is 5.75 Å². The SMILES string of the molecule is CC(C)C1CCOc2cccc(Cl)c21. The molecule has 1 aromatic rings. The summed E-state index contributed by atoms with van der Waals surface area (Å²) in [5, 5.41) is 0.848. The van der Waals surface area contributed by atoms with Crippen LogP contribution in [0.1, 0.15) is 31.7 Å². The van der Waals surface area contributed by atoms with Crippen molar-refractivity contribution >= 4 is 11.6 Å². The normalized spacial score (nSPS) is 20.4. The molecule has 0 amide bonds. The van der Waals surface area contributed by atoms with Crippen LogP contribution in [0.5, 0.6) is 5.75 Å². The third-order valence-corrected chi connectivity index (χ3v) is 3.20. The molecular weight excluding hydrogens is 196 g/mol. The molecule has 1 aliphatic heterocycles. The van der Waals surface area contributed by atoms with Crippen LogP contribution >= 0.6 is 11.6 Å². The summed E-state index contributed by atoms with van der Waals surface area (Å²) in [6, 6.07) is 5.91. The number of halogens is 1. The molecule has 2 rings (SSSR count). The fourth-order valence-electron chi connectivity index (χ4n) is 2.11. The van der Waals surface area contributed by atoms with Gasteiger partial charge >= 0.3 is 0 Å². The van der Waals surface area contributed by atoms with Gasteiger partial charge in [-0.3, -0.25) is 0 Å². The van der Waals surface area contributed by atoms with Crippen LogP contribution in [0.15, 0.2) is 18.2 Å². The Morgan fingerprint density at radius 3 is 2.93 bits per heavy atom. The van der Waals surface area contributed by atoms with E-state index in [1.54, 1.807) is 0 Å². The zero-order valence-corrected chi connectivity index (χ0v) is 9.34. The Hall–Kier alpha value is -0.690. The maximum atomic E-state index is 6.20. The molecule has 0 N–H and O–H groups in total. The molecule has 1 unspecified atom stereocenters. The lowest BCUT2D eigenvalue weighted by molar-refractivity contribution is 0.247. The molecule has 1 heterocycles. The average Bonchev–Trinajstić information content (AvgIpc) is 2.17. The van der Waals surface area contributed by atoms with Gasteiger partial charge in [0.2, 0.25) is 0 Å².